The van der Waals surface area contributed by atoms with Crippen LogP contribution in [0.2, 0.25) is 0 Å². The lowest BCUT2D eigenvalue weighted by Crippen LogP contribution is -2.44. The van der Waals surface area contributed by atoms with Gasteiger partial charge in [0.2, 0.25) is 15.9 Å². The van der Waals surface area contributed by atoms with Crippen molar-refractivity contribution in [3.05, 3.63) is 29.8 Å². The van der Waals surface area contributed by atoms with Crippen LogP contribution in [-0.4, -0.2) is 57.2 Å². The molecule has 2 fully saturated rings. The molecule has 1 aliphatic carbocycles. The molecule has 29 heavy (non-hydrogen) atoms. The Morgan fingerprint density at radius 3 is 2.45 bits per heavy atom. The van der Waals surface area contributed by atoms with E-state index >= 15 is 0 Å². The Bertz CT molecular complexity index is 840. The van der Waals surface area contributed by atoms with Gasteiger partial charge in [-0.15, -0.1) is 0 Å². The molecule has 0 unspecified atom stereocenters. The first-order valence-corrected chi connectivity index (χ1v) is 12.0. The fourth-order valence-corrected chi connectivity index (χ4v) is 5.43. The highest BCUT2D eigenvalue weighted by molar-refractivity contribution is 7.90. The van der Waals surface area contributed by atoms with Gasteiger partial charge in [-0.3, -0.25) is 4.79 Å². The molecule has 0 radical (unpaired) electrons. The third kappa shape index (κ3) is 6.18. The third-order valence-corrected chi connectivity index (χ3v) is 7.21. The van der Waals surface area contributed by atoms with Crippen molar-refractivity contribution in [3.63, 3.8) is 0 Å². The molecule has 1 N–H and O–H groups in total. The summed E-state index contributed by atoms with van der Waals surface area (Å²) >= 11 is 0. The van der Waals surface area contributed by atoms with E-state index < -0.39 is 15.8 Å². The lowest BCUT2D eigenvalue weighted by Gasteiger charge is -2.27. The van der Waals surface area contributed by atoms with Gasteiger partial charge in [-0.1, -0.05) is 6.92 Å². The van der Waals surface area contributed by atoms with E-state index in [-0.39, 0.29) is 11.9 Å². The zero-order chi connectivity index (χ0) is 20.9. The molecule has 1 aromatic carbocycles. The van der Waals surface area contributed by atoms with Crippen molar-refractivity contribution in [2.24, 2.45) is 5.92 Å². The van der Waals surface area contributed by atoms with Gasteiger partial charge in [0.15, 0.2) is 0 Å². The number of nitrogens with zero attached hydrogens (tertiary/aromatic N) is 3. The van der Waals surface area contributed by atoms with E-state index in [2.05, 4.69) is 22.6 Å². The van der Waals surface area contributed by atoms with Gasteiger partial charge in [0.25, 0.3) is 0 Å². The Labute approximate surface area is 173 Å². The van der Waals surface area contributed by atoms with Crippen molar-refractivity contribution in [2.75, 3.05) is 36.8 Å². The first-order valence-electron chi connectivity index (χ1n) is 10.4. The van der Waals surface area contributed by atoms with Gasteiger partial charge in [-0.25, -0.2) is 13.1 Å². The number of sulfonamides is 1. The van der Waals surface area contributed by atoms with Crippen molar-refractivity contribution in [1.82, 2.24) is 9.62 Å². The van der Waals surface area contributed by atoms with Crippen LogP contribution in [0.4, 0.5) is 5.69 Å². The van der Waals surface area contributed by atoms with Gasteiger partial charge >= 0.3 is 0 Å². The summed E-state index contributed by atoms with van der Waals surface area (Å²) in [5, 5.41) is 8.93. The van der Waals surface area contributed by atoms with Crippen LogP contribution in [0.3, 0.4) is 0 Å². The lowest BCUT2D eigenvalue weighted by molar-refractivity contribution is -0.128. The Kier molecular flexibility index (Phi) is 7.14. The second-order valence-electron chi connectivity index (χ2n) is 8.21. The summed E-state index contributed by atoms with van der Waals surface area (Å²) in [5.74, 6) is -0.160. The van der Waals surface area contributed by atoms with Gasteiger partial charge in [-0.05, 0) is 62.3 Å². The molecule has 2 aliphatic rings. The van der Waals surface area contributed by atoms with Crippen LogP contribution >= 0.6 is 0 Å². The second-order valence-corrected chi connectivity index (χ2v) is 9.97. The highest BCUT2D eigenvalue weighted by atomic mass is 32.2. The van der Waals surface area contributed by atoms with Crippen molar-refractivity contribution >= 4 is 21.6 Å². The molecular formula is C21H30N4O3S. The molecule has 0 aromatic heterocycles. The quantitative estimate of drug-likeness (QED) is 0.790. The molecule has 0 atom stereocenters. The van der Waals surface area contributed by atoms with Crippen LogP contribution in [0.1, 0.15) is 44.6 Å². The van der Waals surface area contributed by atoms with E-state index in [0.29, 0.717) is 31.1 Å². The van der Waals surface area contributed by atoms with E-state index in [0.717, 1.165) is 44.3 Å². The minimum atomic E-state index is -3.62. The first-order chi connectivity index (χ1) is 13.9. The number of hydrogen-bond acceptors (Lipinski definition) is 5. The highest BCUT2D eigenvalue weighted by Crippen LogP contribution is 2.24. The SMILES string of the molecule is CC1CCC(NS(=O)(=O)CC(=O)N2CCCN(c3ccc(C#N)cc3)CC2)CC1. The summed E-state index contributed by atoms with van der Waals surface area (Å²) in [6.07, 6.45) is 4.52. The number of amides is 1. The number of nitrogens with one attached hydrogen (secondary N) is 1. The zero-order valence-electron chi connectivity index (χ0n) is 17.0. The zero-order valence-corrected chi connectivity index (χ0v) is 17.8. The molecule has 158 valence electrons. The van der Waals surface area contributed by atoms with Crippen LogP contribution in [0.15, 0.2) is 24.3 Å². The predicted molar refractivity (Wildman–Crippen MR) is 113 cm³/mol. The normalized spacial score (nSPS) is 23.3. The number of nitriles is 1. The number of rotatable bonds is 5. The van der Waals surface area contributed by atoms with Crippen molar-refractivity contribution < 1.29 is 13.2 Å². The average Bonchev–Trinajstić information content (AvgIpc) is 2.96. The van der Waals surface area contributed by atoms with Crippen LogP contribution in [0.25, 0.3) is 0 Å². The molecule has 1 amide bonds. The highest BCUT2D eigenvalue weighted by Gasteiger charge is 2.27. The van der Waals surface area contributed by atoms with E-state index in [1.807, 2.05) is 12.1 Å². The van der Waals surface area contributed by atoms with E-state index in [1.54, 1.807) is 17.0 Å². The molecule has 7 nitrogen and oxygen atoms in total. The number of carbonyl (C=O) groups excluding carboxylic acids is 1. The maximum absolute atomic E-state index is 12.6. The largest absolute Gasteiger partial charge is 0.370 e. The topological polar surface area (TPSA) is 93.5 Å². The summed E-state index contributed by atoms with van der Waals surface area (Å²) in [7, 11) is -3.62. The standard InChI is InChI=1S/C21H30N4O3S/c1-17-3-7-19(8-4-17)23-29(27,28)16-21(26)25-12-2-11-24(13-14-25)20-9-5-18(15-22)6-10-20/h5-6,9-10,17,19,23H,2-4,7-8,11-14,16H2,1H3. The summed E-state index contributed by atoms with van der Waals surface area (Å²) in [6.45, 7) is 4.68. The fraction of sp³-hybridized carbons (Fsp3) is 0.619. The van der Waals surface area contributed by atoms with Crippen LogP contribution in [0, 0.1) is 17.2 Å². The predicted octanol–water partition coefficient (Wildman–Crippen LogP) is 2.10. The van der Waals surface area contributed by atoms with Crippen molar-refractivity contribution in [2.45, 2.75) is 45.1 Å². The Hall–Kier alpha value is -2.11. The maximum Gasteiger partial charge on any atom is 0.239 e. The van der Waals surface area contributed by atoms with E-state index in [1.165, 1.54) is 0 Å². The van der Waals surface area contributed by atoms with Gasteiger partial charge in [-0.2, -0.15) is 5.26 Å². The molecule has 0 bridgehead atoms. The fourth-order valence-electron chi connectivity index (χ4n) is 4.10. The van der Waals surface area contributed by atoms with Crippen molar-refractivity contribution in [3.8, 4) is 6.07 Å². The van der Waals surface area contributed by atoms with Gasteiger partial charge in [0, 0.05) is 37.9 Å². The number of benzene rings is 1. The molecule has 1 saturated carbocycles. The maximum atomic E-state index is 12.6. The van der Waals surface area contributed by atoms with Gasteiger partial charge in [0.1, 0.15) is 5.75 Å². The minimum Gasteiger partial charge on any atom is -0.370 e. The average molecular weight is 419 g/mol. The van der Waals surface area contributed by atoms with Crippen LogP contribution in [-0.2, 0) is 14.8 Å². The van der Waals surface area contributed by atoms with Gasteiger partial charge in [0.05, 0.1) is 11.6 Å². The summed E-state index contributed by atoms with van der Waals surface area (Å²) in [6, 6.07) is 9.46. The lowest BCUT2D eigenvalue weighted by atomic mass is 9.88. The monoisotopic (exact) mass is 418 g/mol. The summed E-state index contributed by atoms with van der Waals surface area (Å²) < 4.78 is 27.7. The second kappa shape index (κ2) is 9.59. The Morgan fingerprint density at radius 1 is 1.10 bits per heavy atom. The van der Waals surface area contributed by atoms with E-state index in [9.17, 15) is 13.2 Å². The molecule has 1 saturated heterocycles. The van der Waals surface area contributed by atoms with Crippen LogP contribution < -0.4 is 9.62 Å². The Balaban J connectivity index is 1.52. The third-order valence-electron chi connectivity index (χ3n) is 5.89. The molecule has 1 heterocycles. The van der Waals surface area contributed by atoms with Crippen LogP contribution in [0.5, 0.6) is 0 Å². The summed E-state index contributed by atoms with van der Waals surface area (Å²) in [5.41, 5.74) is 1.63. The number of hydrogen-bond donors (Lipinski definition) is 1. The molecule has 1 aromatic rings. The molecule has 1 aliphatic heterocycles. The van der Waals surface area contributed by atoms with Crippen molar-refractivity contribution in [1.29, 1.82) is 5.26 Å². The molecular weight excluding hydrogens is 388 g/mol. The van der Waals surface area contributed by atoms with Gasteiger partial charge < -0.3 is 9.80 Å². The first kappa shape index (κ1) is 21.6. The number of anilines is 1. The molecule has 0 spiro atoms. The number of carbonyl (C=O) groups is 1. The smallest absolute Gasteiger partial charge is 0.239 e. The molecule has 3 rings (SSSR count). The summed E-state index contributed by atoms with van der Waals surface area (Å²) in [4.78, 5) is 16.5. The Morgan fingerprint density at radius 2 is 1.79 bits per heavy atom. The van der Waals surface area contributed by atoms with E-state index in [4.69, 9.17) is 5.26 Å². The minimum absolute atomic E-state index is 0.0417. The molecule has 8 heteroatoms.